The van der Waals surface area contributed by atoms with Crippen LogP contribution >= 0.6 is 0 Å². The van der Waals surface area contributed by atoms with E-state index >= 15 is 0 Å². The van der Waals surface area contributed by atoms with E-state index in [1.165, 1.54) is 5.69 Å². The van der Waals surface area contributed by atoms with E-state index in [-0.39, 0.29) is 0 Å². The third-order valence-electron chi connectivity index (χ3n) is 5.21. The van der Waals surface area contributed by atoms with Crippen LogP contribution in [0.1, 0.15) is 34.0 Å². The molecule has 4 rings (SSSR count). The number of hydrogen-bond acceptors (Lipinski definition) is 4. The molecule has 4 aromatic rings. The van der Waals surface area contributed by atoms with Gasteiger partial charge in [-0.25, -0.2) is 0 Å². The summed E-state index contributed by atoms with van der Waals surface area (Å²) in [4.78, 5) is 4.27. The summed E-state index contributed by atoms with van der Waals surface area (Å²) in [6, 6.07) is 17.7. The van der Waals surface area contributed by atoms with Gasteiger partial charge in [0, 0.05) is 36.3 Å². The second kappa shape index (κ2) is 9.83. The number of pyridine rings is 1. The number of nitrogens with one attached hydrogen (secondary N) is 1. The summed E-state index contributed by atoms with van der Waals surface area (Å²) in [5, 5.41) is 7.42. The first-order valence-corrected chi connectivity index (χ1v) is 10.4. The Bertz CT molecular complexity index is 1240. The van der Waals surface area contributed by atoms with Crippen molar-refractivity contribution < 1.29 is 9.47 Å². The Kier molecular flexibility index (Phi) is 6.51. The predicted octanol–water partition coefficient (Wildman–Crippen LogP) is 5.38. The third kappa shape index (κ3) is 5.16. The minimum absolute atomic E-state index is 0.408. The molecule has 0 fully saturated rings. The van der Waals surface area contributed by atoms with E-state index in [0.717, 1.165) is 39.8 Å². The molecule has 0 bridgehead atoms. The lowest BCUT2D eigenvalue weighted by atomic mass is 10.1. The Morgan fingerprint density at radius 1 is 1.00 bits per heavy atom. The molecular formula is C26H26N4O2. The number of nitrogens with zero attached hydrogens (tertiary/aromatic N) is 3. The van der Waals surface area contributed by atoms with Gasteiger partial charge in [0.15, 0.2) is 0 Å². The number of methoxy groups -OCH3 is 1. The van der Waals surface area contributed by atoms with Crippen LogP contribution in [0.15, 0.2) is 60.8 Å². The highest BCUT2D eigenvalue weighted by atomic mass is 16.5. The molecule has 162 valence electrons. The highest BCUT2D eigenvalue weighted by Gasteiger charge is 2.05. The van der Waals surface area contributed by atoms with Crippen LogP contribution < -0.4 is 9.47 Å². The molecule has 0 spiro atoms. The van der Waals surface area contributed by atoms with Gasteiger partial charge in [-0.3, -0.25) is 10.1 Å². The first kappa shape index (κ1) is 21.2. The highest BCUT2D eigenvalue weighted by molar-refractivity contribution is 5.74. The van der Waals surface area contributed by atoms with Gasteiger partial charge in [-0.2, -0.15) is 5.10 Å². The van der Waals surface area contributed by atoms with Crippen LogP contribution in [0, 0.1) is 6.92 Å². The van der Waals surface area contributed by atoms with Crippen molar-refractivity contribution in [2.45, 2.75) is 13.5 Å². The van der Waals surface area contributed by atoms with Crippen LogP contribution in [0.3, 0.4) is 0 Å². The zero-order valence-electron chi connectivity index (χ0n) is 18.4. The van der Waals surface area contributed by atoms with E-state index in [4.69, 9.17) is 9.47 Å². The van der Waals surface area contributed by atoms with E-state index in [1.807, 2.05) is 60.7 Å². The van der Waals surface area contributed by atoms with Crippen LogP contribution in [-0.4, -0.2) is 26.9 Å². The van der Waals surface area contributed by atoms with Crippen molar-refractivity contribution in [1.29, 1.82) is 0 Å². The fraction of sp³-hybridized carbons (Fsp3) is 0.154. The number of hydrogen-bond donors (Lipinski definition) is 1. The summed E-state index contributed by atoms with van der Waals surface area (Å²) in [5.74, 6) is 1.46. The van der Waals surface area contributed by atoms with Gasteiger partial charge in [-0.15, -0.1) is 0 Å². The maximum Gasteiger partial charge on any atom is 0.130 e. The lowest BCUT2D eigenvalue weighted by Crippen LogP contribution is -1.98. The molecule has 1 N–H and O–H groups in total. The fourth-order valence-corrected chi connectivity index (χ4v) is 3.23. The first-order valence-electron chi connectivity index (χ1n) is 10.4. The number of aromatic amines is 1. The Morgan fingerprint density at radius 2 is 1.91 bits per heavy atom. The smallest absolute Gasteiger partial charge is 0.130 e. The molecule has 3 heterocycles. The number of benzene rings is 1. The summed E-state index contributed by atoms with van der Waals surface area (Å²) in [6.45, 7) is 2.49. The van der Waals surface area contributed by atoms with Crippen LogP contribution in [0.2, 0.25) is 0 Å². The van der Waals surface area contributed by atoms with Crippen molar-refractivity contribution in [1.82, 2.24) is 19.7 Å². The molecule has 0 unspecified atom stereocenters. The minimum Gasteiger partial charge on any atom is -0.496 e. The summed E-state index contributed by atoms with van der Waals surface area (Å²) in [6.07, 6.45) is 9.78. The third-order valence-corrected chi connectivity index (χ3v) is 5.21. The summed E-state index contributed by atoms with van der Waals surface area (Å²) < 4.78 is 13.5. The van der Waals surface area contributed by atoms with Gasteiger partial charge in [-0.1, -0.05) is 6.07 Å². The quantitative estimate of drug-likeness (QED) is 0.411. The molecule has 3 aromatic heterocycles. The summed E-state index contributed by atoms with van der Waals surface area (Å²) in [7, 11) is 3.70. The molecule has 0 saturated carbocycles. The van der Waals surface area contributed by atoms with E-state index in [2.05, 4.69) is 51.9 Å². The Morgan fingerprint density at radius 3 is 2.66 bits per heavy atom. The van der Waals surface area contributed by atoms with Crippen LogP contribution in [0.4, 0.5) is 0 Å². The lowest BCUT2D eigenvalue weighted by molar-refractivity contribution is 0.299. The van der Waals surface area contributed by atoms with E-state index in [1.54, 1.807) is 13.3 Å². The topological polar surface area (TPSA) is 65.0 Å². The first-order chi connectivity index (χ1) is 15.6. The van der Waals surface area contributed by atoms with Gasteiger partial charge in [0.1, 0.15) is 18.1 Å². The Balaban J connectivity index is 1.42. The zero-order chi connectivity index (χ0) is 22.3. The molecule has 0 saturated heterocycles. The number of aryl methyl sites for hydroxylation is 1. The Hall–Kier alpha value is -4.06. The number of rotatable bonds is 8. The molecule has 0 amide bonds. The molecule has 6 nitrogen and oxygen atoms in total. The maximum absolute atomic E-state index is 5.84. The van der Waals surface area contributed by atoms with Crippen molar-refractivity contribution in [2.75, 3.05) is 7.11 Å². The summed E-state index contributed by atoms with van der Waals surface area (Å²) >= 11 is 0. The van der Waals surface area contributed by atoms with Crippen LogP contribution in [0.5, 0.6) is 11.5 Å². The molecule has 0 aliphatic heterocycles. The molecule has 1 aromatic carbocycles. The maximum atomic E-state index is 5.84. The molecule has 0 aliphatic carbocycles. The van der Waals surface area contributed by atoms with Crippen molar-refractivity contribution >= 4 is 24.3 Å². The second-order valence-electron chi connectivity index (χ2n) is 7.39. The van der Waals surface area contributed by atoms with Gasteiger partial charge >= 0.3 is 0 Å². The zero-order valence-corrected chi connectivity index (χ0v) is 18.4. The average Bonchev–Trinajstić information content (AvgIpc) is 3.42. The number of H-pyrrole nitrogens is 1. The van der Waals surface area contributed by atoms with E-state index < -0.39 is 0 Å². The largest absolute Gasteiger partial charge is 0.496 e. The molecule has 0 aliphatic rings. The molecule has 32 heavy (non-hydrogen) atoms. The predicted molar refractivity (Wildman–Crippen MR) is 128 cm³/mol. The molecule has 0 atom stereocenters. The normalized spacial score (nSPS) is 11.5. The van der Waals surface area contributed by atoms with Gasteiger partial charge in [-0.05, 0) is 73.7 Å². The van der Waals surface area contributed by atoms with E-state index in [9.17, 15) is 0 Å². The van der Waals surface area contributed by atoms with Crippen molar-refractivity contribution in [3.63, 3.8) is 0 Å². The van der Waals surface area contributed by atoms with Gasteiger partial charge < -0.3 is 14.0 Å². The summed E-state index contributed by atoms with van der Waals surface area (Å²) in [5.41, 5.74) is 5.96. The SMILES string of the molecule is COc1cc(OCc2ccccn2)ccc1C=Cc1cc(/C=C/c2ccc(C)n2C)[nH]n1. The van der Waals surface area contributed by atoms with Gasteiger partial charge in [0.05, 0.1) is 24.2 Å². The van der Waals surface area contributed by atoms with Crippen LogP contribution in [-0.2, 0) is 13.7 Å². The minimum atomic E-state index is 0.408. The van der Waals surface area contributed by atoms with Gasteiger partial charge in [0.2, 0.25) is 0 Å². The molecule has 0 radical (unpaired) electrons. The monoisotopic (exact) mass is 426 g/mol. The lowest BCUT2D eigenvalue weighted by Gasteiger charge is -2.09. The highest BCUT2D eigenvalue weighted by Crippen LogP contribution is 2.27. The number of ether oxygens (including phenoxy) is 2. The van der Waals surface area contributed by atoms with Crippen LogP contribution in [0.25, 0.3) is 24.3 Å². The Labute approximate surface area is 187 Å². The standard InChI is InChI=1S/C26H26N4O2/c1-19-7-12-24(30(19)2)13-11-22-16-21(28-29-22)10-8-20-9-14-25(17-26(20)31-3)32-18-23-6-4-5-15-27-23/h4-17H,18H2,1-3H3,(H,28,29)/b10-8?,13-11+. The average molecular weight is 427 g/mol. The van der Waals surface area contributed by atoms with Crippen molar-refractivity contribution in [3.8, 4) is 11.5 Å². The second-order valence-corrected chi connectivity index (χ2v) is 7.39. The van der Waals surface area contributed by atoms with Gasteiger partial charge in [0.25, 0.3) is 0 Å². The van der Waals surface area contributed by atoms with Crippen molar-refractivity contribution in [2.24, 2.45) is 7.05 Å². The fourth-order valence-electron chi connectivity index (χ4n) is 3.23. The molecular weight excluding hydrogens is 400 g/mol. The molecule has 6 heteroatoms. The van der Waals surface area contributed by atoms with E-state index in [0.29, 0.717) is 6.61 Å². The number of aromatic nitrogens is 4. The van der Waals surface area contributed by atoms with Crippen molar-refractivity contribution in [3.05, 3.63) is 94.8 Å².